The maximum atomic E-state index is 5.79. The number of ether oxygens (including phenoxy) is 1. The molecule has 0 aliphatic rings. The van der Waals surface area contributed by atoms with E-state index in [0.29, 0.717) is 6.61 Å². The van der Waals surface area contributed by atoms with E-state index >= 15 is 0 Å². The molecule has 0 aliphatic heterocycles. The van der Waals surface area contributed by atoms with Gasteiger partial charge in [0.15, 0.2) is 10.4 Å². The van der Waals surface area contributed by atoms with Crippen molar-refractivity contribution < 1.29 is 4.74 Å². The van der Waals surface area contributed by atoms with Gasteiger partial charge in [-0.15, -0.1) is 0 Å². The average molecular weight is 329 g/mol. The van der Waals surface area contributed by atoms with Gasteiger partial charge in [-0.2, -0.15) is 5.10 Å². The molecule has 20 heavy (non-hydrogen) atoms. The van der Waals surface area contributed by atoms with E-state index in [-0.39, 0.29) is 0 Å². The lowest BCUT2D eigenvalue weighted by Gasteiger charge is -2.06. The number of benzene rings is 2. The molecular weight excluding hydrogens is 316 g/mol. The van der Waals surface area contributed by atoms with Gasteiger partial charge < -0.3 is 4.74 Å². The second kappa shape index (κ2) is 5.92. The number of hydrogen-bond donors (Lipinski definition) is 0. The van der Waals surface area contributed by atoms with Crippen LogP contribution in [0.15, 0.2) is 71.5 Å². The Morgan fingerprint density at radius 3 is 2.30 bits per heavy atom. The Balaban J connectivity index is 1.78. The zero-order chi connectivity index (χ0) is 13.8. The first kappa shape index (κ1) is 12.9. The van der Waals surface area contributed by atoms with Gasteiger partial charge in [0.25, 0.3) is 0 Å². The van der Waals surface area contributed by atoms with Crippen LogP contribution in [-0.2, 0) is 6.61 Å². The molecule has 100 valence electrons. The second-order valence-electron chi connectivity index (χ2n) is 4.32. The van der Waals surface area contributed by atoms with Crippen LogP contribution in [0, 0.1) is 0 Å². The van der Waals surface area contributed by atoms with Gasteiger partial charge in [-0.1, -0.05) is 48.5 Å². The number of halogens is 1. The quantitative estimate of drug-likeness (QED) is 0.717. The smallest absolute Gasteiger partial charge is 0.172 e. The van der Waals surface area contributed by atoms with Gasteiger partial charge in [-0.3, -0.25) is 0 Å². The van der Waals surface area contributed by atoms with Gasteiger partial charge in [-0.25, -0.2) is 4.68 Å². The highest BCUT2D eigenvalue weighted by Gasteiger charge is 2.10. The van der Waals surface area contributed by atoms with E-state index in [2.05, 4.69) is 21.0 Å². The van der Waals surface area contributed by atoms with Crippen molar-refractivity contribution in [1.82, 2.24) is 9.78 Å². The van der Waals surface area contributed by atoms with Crippen molar-refractivity contribution in [2.24, 2.45) is 0 Å². The standard InChI is InChI=1S/C16H13BrN2O/c17-16-15(20-12-13-7-3-1-4-8-13)11-18-19(16)14-9-5-2-6-10-14/h1-11H,12H2. The lowest BCUT2D eigenvalue weighted by Crippen LogP contribution is -1.97. The summed E-state index contributed by atoms with van der Waals surface area (Å²) in [7, 11) is 0. The molecule has 2 aromatic carbocycles. The van der Waals surface area contributed by atoms with Gasteiger partial charge in [0.2, 0.25) is 0 Å². The van der Waals surface area contributed by atoms with E-state index in [1.54, 1.807) is 10.9 Å². The summed E-state index contributed by atoms with van der Waals surface area (Å²) in [6.45, 7) is 0.528. The largest absolute Gasteiger partial charge is 0.484 e. The Morgan fingerprint density at radius 2 is 1.60 bits per heavy atom. The van der Waals surface area contributed by atoms with Gasteiger partial charge in [0.1, 0.15) is 6.61 Å². The molecule has 1 heterocycles. The van der Waals surface area contributed by atoms with Crippen LogP contribution < -0.4 is 4.74 Å². The minimum atomic E-state index is 0.528. The Bertz CT molecular complexity index is 680. The molecule has 4 heteroatoms. The summed E-state index contributed by atoms with van der Waals surface area (Å²) < 4.78 is 8.42. The Labute approximate surface area is 125 Å². The minimum absolute atomic E-state index is 0.528. The monoisotopic (exact) mass is 328 g/mol. The zero-order valence-electron chi connectivity index (χ0n) is 10.7. The first-order chi connectivity index (χ1) is 9.84. The van der Waals surface area contributed by atoms with E-state index in [4.69, 9.17) is 4.74 Å². The third-order valence-corrected chi connectivity index (χ3v) is 3.64. The van der Waals surface area contributed by atoms with Gasteiger partial charge in [0, 0.05) is 0 Å². The van der Waals surface area contributed by atoms with Crippen LogP contribution in [0.3, 0.4) is 0 Å². The Morgan fingerprint density at radius 1 is 0.950 bits per heavy atom. The highest BCUT2D eigenvalue weighted by atomic mass is 79.9. The molecule has 0 fully saturated rings. The van der Waals surface area contributed by atoms with Crippen molar-refractivity contribution in [1.29, 1.82) is 0 Å². The third kappa shape index (κ3) is 2.75. The molecule has 0 saturated carbocycles. The fourth-order valence-electron chi connectivity index (χ4n) is 1.90. The molecule has 0 atom stereocenters. The second-order valence-corrected chi connectivity index (χ2v) is 5.07. The van der Waals surface area contributed by atoms with Crippen molar-refractivity contribution in [2.75, 3.05) is 0 Å². The fourth-order valence-corrected chi connectivity index (χ4v) is 2.41. The molecule has 0 unspecified atom stereocenters. The van der Waals surface area contributed by atoms with E-state index in [1.807, 2.05) is 60.7 Å². The molecular formula is C16H13BrN2O. The van der Waals surface area contributed by atoms with E-state index in [1.165, 1.54) is 0 Å². The Hall–Kier alpha value is -2.07. The SMILES string of the molecule is Brc1c(OCc2ccccc2)cnn1-c1ccccc1. The molecule has 0 bridgehead atoms. The molecule has 0 spiro atoms. The van der Waals surface area contributed by atoms with Gasteiger partial charge in [0.05, 0.1) is 11.9 Å². The van der Waals surface area contributed by atoms with Crippen molar-refractivity contribution in [3.63, 3.8) is 0 Å². The maximum Gasteiger partial charge on any atom is 0.172 e. The van der Waals surface area contributed by atoms with Crippen LogP contribution in [0.25, 0.3) is 5.69 Å². The van der Waals surface area contributed by atoms with Crippen LogP contribution in [0.2, 0.25) is 0 Å². The van der Waals surface area contributed by atoms with E-state index in [0.717, 1.165) is 21.6 Å². The molecule has 3 aromatic rings. The number of nitrogens with zero attached hydrogens (tertiary/aromatic N) is 2. The number of rotatable bonds is 4. The summed E-state index contributed by atoms with van der Waals surface area (Å²) in [5.41, 5.74) is 2.13. The van der Waals surface area contributed by atoms with Crippen LogP contribution in [-0.4, -0.2) is 9.78 Å². The fraction of sp³-hybridized carbons (Fsp3) is 0.0625. The molecule has 0 N–H and O–H groups in total. The van der Waals surface area contributed by atoms with Crippen LogP contribution >= 0.6 is 15.9 Å². The van der Waals surface area contributed by atoms with Crippen molar-refractivity contribution in [3.8, 4) is 11.4 Å². The molecule has 1 aromatic heterocycles. The summed E-state index contributed by atoms with van der Waals surface area (Å²) >= 11 is 3.54. The lowest BCUT2D eigenvalue weighted by atomic mass is 10.2. The molecule has 0 amide bonds. The normalized spacial score (nSPS) is 10.4. The molecule has 0 radical (unpaired) electrons. The first-order valence-corrected chi connectivity index (χ1v) is 7.09. The maximum absolute atomic E-state index is 5.79. The molecule has 0 aliphatic carbocycles. The van der Waals surface area contributed by atoms with Crippen LogP contribution in [0.1, 0.15) is 5.56 Å². The van der Waals surface area contributed by atoms with E-state index in [9.17, 15) is 0 Å². The zero-order valence-corrected chi connectivity index (χ0v) is 12.3. The minimum Gasteiger partial charge on any atom is -0.484 e. The van der Waals surface area contributed by atoms with Gasteiger partial charge >= 0.3 is 0 Å². The van der Waals surface area contributed by atoms with Gasteiger partial charge in [-0.05, 0) is 33.6 Å². The summed E-state index contributed by atoms with van der Waals surface area (Å²) in [4.78, 5) is 0. The third-order valence-electron chi connectivity index (χ3n) is 2.92. The molecule has 3 rings (SSSR count). The summed E-state index contributed by atoms with van der Waals surface area (Å²) in [5, 5.41) is 4.34. The summed E-state index contributed by atoms with van der Waals surface area (Å²) in [6.07, 6.45) is 1.72. The Kier molecular flexibility index (Phi) is 3.83. The van der Waals surface area contributed by atoms with Crippen molar-refractivity contribution >= 4 is 15.9 Å². The summed E-state index contributed by atoms with van der Waals surface area (Å²) in [6, 6.07) is 20.0. The predicted molar refractivity (Wildman–Crippen MR) is 82.0 cm³/mol. The highest BCUT2D eigenvalue weighted by molar-refractivity contribution is 9.10. The molecule has 3 nitrogen and oxygen atoms in total. The topological polar surface area (TPSA) is 27.1 Å². The highest BCUT2D eigenvalue weighted by Crippen LogP contribution is 2.27. The number of hydrogen-bond acceptors (Lipinski definition) is 2. The van der Waals surface area contributed by atoms with Crippen molar-refractivity contribution in [3.05, 3.63) is 77.0 Å². The predicted octanol–water partition coefficient (Wildman–Crippen LogP) is 4.21. The first-order valence-electron chi connectivity index (χ1n) is 6.30. The lowest BCUT2D eigenvalue weighted by molar-refractivity contribution is 0.304. The van der Waals surface area contributed by atoms with Crippen LogP contribution in [0.5, 0.6) is 5.75 Å². The van der Waals surface area contributed by atoms with Crippen molar-refractivity contribution in [2.45, 2.75) is 6.61 Å². The van der Waals surface area contributed by atoms with E-state index < -0.39 is 0 Å². The number of aromatic nitrogens is 2. The summed E-state index contributed by atoms with van der Waals surface area (Å²) in [5.74, 6) is 0.734. The molecule has 0 saturated heterocycles. The van der Waals surface area contributed by atoms with Crippen LogP contribution in [0.4, 0.5) is 0 Å². The number of para-hydroxylation sites is 1. The average Bonchev–Trinajstić information content (AvgIpc) is 2.88.